The molecule has 1 saturated heterocycles. The van der Waals surface area contributed by atoms with E-state index in [1.54, 1.807) is 0 Å². The van der Waals surface area contributed by atoms with Crippen LogP contribution in [-0.4, -0.2) is 50.3 Å². The van der Waals surface area contributed by atoms with Crippen LogP contribution in [0.5, 0.6) is 11.5 Å². The number of ether oxygens (including phenoxy) is 2. The maximum atomic E-state index is 5.71. The van der Waals surface area contributed by atoms with Gasteiger partial charge in [-0.15, -0.1) is 0 Å². The molecule has 1 unspecified atom stereocenters. The van der Waals surface area contributed by atoms with Crippen LogP contribution in [0.2, 0.25) is 0 Å². The summed E-state index contributed by atoms with van der Waals surface area (Å²) in [6, 6.07) is 6.88. The summed E-state index contributed by atoms with van der Waals surface area (Å²) < 4.78 is 11.3. The SMILES string of the molecule is CCOc1ccc(CC(C)N2CCNCC2)cc1OCC. The summed E-state index contributed by atoms with van der Waals surface area (Å²) in [6.45, 7) is 12.1. The molecule has 1 aromatic carbocycles. The lowest BCUT2D eigenvalue weighted by molar-refractivity contribution is 0.183. The van der Waals surface area contributed by atoms with Crippen molar-refractivity contribution in [3.63, 3.8) is 0 Å². The van der Waals surface area contributed by atoms with Gasteiger partial charge < -0.3 is 14.8 Å². The van der Waals surface area contributed by atoms with Gasteiger partial charge in [0.05, 0.1) is 13.2 Å². The van der Waals surface area contributed by atoms with Crippen LogP contribution in [0.25, 0.3) is 0 Å². The molecule has 0 aliphatic carbocycles. The van der Waals surface area contributed by atoms with E-state index in [-0.39, 0.29) is 0 Å². The van der Waals surface area contributed by atoms with Crippen LogP contribution in [0.4, 0.5) is 0 Å². The smallest absolute Gasteiger partial charge is 0.161 e. The van der Waals surface area contributed by atoms with E-state index < -0.39 is 0 Å². The maximum Gasteiger partial charge on any atom is 0.161 e. The highest BCUT2D eigenvalue weighted by Gasteiger charge is 2.17. The molecule has 0 saturated carbocycles. The summed E-state index contributed by atoms with van der Waals surface area (Å²) in [5.74, 6) is 1.71. The third kappa shape index (κ3) is 4.61. The van der Waals surface area contributed by atoms with Crippen molar-refractivity contribution in [3.8, 4) is 11.5 Å². The Morgan fingerprint density at radius 3 is 2.43 bits per heavy atom. The van der Waals surface area contributed by atoms with Gasteiger partial charge in [-0.2, -0.15) is 0 Å². The molecule has 0 amide bonds. The van der Waals surface area contributed by atoms with Crippen LogP contribution in [0, 0.1) is 0 Å². The normalized spacial score (nSPS) is 17.5. The second-order valence-electron chi connectivity index (χ2n) is 5.49. The fraction of sp³-hybridized carbons (Fsp3) is 0.647. The molecule has 1 aliphatic rings. The third-order valence-corrected chi connectivity index (χ3v) is 3.91. The van der Waals surface area contributed by atoms with Crippen molar-refractivity contribution in [3.05, 3.63) is 23.8 Å². The van der Waals surface area contributed by atoms with Crippen LogP contribution in [-0.2, 0) is 6.42 Å². The lowest BCUT2D eigenvalue weighted by Gasteiger charge is -2.33. The second-order valence-corrected chi connectivity index (χ2v) is 5.49. The van der Waals surface area contributed by atoms with Gasteiger partial charge in [0.2, 0.25) is 0 Å². The summed E-state index contributed by atoms with van der Waals surface area (Å²) in [6.07, 6.45) is 1.05. The number of nitrogens with one attached hydrogen (secondary N) is 1. The zero-order valence-corrected chi connectivity index (χ0v) is 13.5. The molecule has 0 radical (unpaired) electrons. The molecule has 4 nitrogen and oxygen atoms in total. The van der Waals surface area contributed by atoms with Crippen LogP contribution in [0.15, 0.2) is 18.2 Å². The number of rotatable bonds is 7. The number of piperazine rings is 1. The Kier molecular flexibility index (Phi) is 6.33. The highest BCUT2D eigenvalue weighted by atomic mass is 16.5. The first kappa shape index (κ1) is 16.1. The van der Waals surface area contributed by atoms with E-state index in [0.29, 0.717) is 19.3 Å². The Morgan fingerprint density at radius 2 is 1.76 bits per heavy atom. The fourth-order valence-electron chi connectivity index (χ4n) is 2.82. The Labute approximate surface area is 128 Å². The molecule has 0 bridgehead atoms. The molecule has 118 valence electrons. The lowest BCUT2D eigenvalue weighted by atomic mass is 10.0. The predicted molar refractivity (Wildman–Crippen MR) is 86.4 cm³/mol. The topological polar surface area (TPSA) is 33.7 Å². The van der Waals surface area contributed by atoms with E-state index in [2.05, 4.69) is 29.3 Å². The summed E-state index contributed by atoms with van der Waals surface area (Å²) in [5, 5.41) is 3.40. The Hall–Kier alpha value is -1.26. The standard InChI is InChI=1S/C17H28N2O2/c1-4-20-16-7-6-15(13-17(16)21-5-2)12-14(3)19-10-8-18-9-11-19/h6-7,13-14,18H,4-5,8-12H2,1-3H3. The first-order chi connectivity index (χ1) is 10.2. The van der Waals surface area contributed by atoms with Gasteiger partial charge in [-0.05, 0) is 44.9 Å². The highest BCUT2D eigenvalue weighted by molar-refractivity contribution is 5.43. The van der Waals surface area contributed by atoms with Gasteiger partial charge in [-0.1, -0.05) is 6.07 Å². The summed E-state index contributed by atoms with van der Waals surface area (Å²) in [4.78, 5) is 2.55. The molecule has 1 heterocycles. The van der Waals surface area contributed by atoms with Crippen LogP contribution in [0.1, 0.15) is 26.3 Å². The number of hydrogen-bond acceptors (Lipinski definition) is 4. The zero-order chi connectivity index (χ0) is 15.1. The van der Waals surface area contributed by atoms with Crippen LogP contribution < -0.4 is 14.8 Å². The quantitative estimate of drug-likeness (QED) is 0.836. The predicted octanol–water partition coefficient (Wildman–Crippen LogP) is 2.32. The molecule has 21 heavy (non-hydrogen) atoms. The lowest BCUT2D eigenvalue weighted by Crippen LogP contribution is -2.48. The van der Waals surface area contributed by atoms with E-state index >= 15 is 0 Å². The van der Waals surface area contributed by atoms with Crippen molar-refractivity contribution >= 4 is 0 Å². The van der Waals surface area contributed by atoms with Crippen molar-refractivity contribution < 1.29 is 9.47 Å². The van der Waals surface area contributed by atoms with Gasteiger partial charge in [0, 0.05) is 32.2 Å². The average molecular weight is 292 g/mol. The monoisotopic (exact) mass is 292 g/mol. The second kappa shape index (κ2) is 8.25. The van der Waals surface area contributed by atoms with Crippen LogP contribution >= 0.6 is 0 Å². The van der Waals surface area contributed by atoms with Gasteiger partial charge in [0.25, 0.3) is 0 Å². The van der Waals surface area contributed by atoms with E-state index in [9.17, 15) is 0 Å². The molecular formula is C17H28N2O2. The van der Waals surface area contributed by atoms with Gasteiger partial charge >= 0.3 is 0 Å². The minimum absolute atomic E-state index is 0.555. The van der Waals surface area contributed by atoms with Gasteiger partial charge in [0.1, 0.15) is 0 Å². The minimum atomic E-state index is 0.555. The average Bonchev–Trinajstić information content (AvgIpc) is 2.51. The highest BCUT2D eigenvalue weighted by Crippen LogP contribution is 2.29. The van der Waals surface area contributed by atoms with Crippen LogP contribution in [0.3, 0.4) is 0 Å². The number of hydrogen-bond donors (Lipinski definition) is 1. The van der Waals surface area contributed by atoms with Crippen molar-refractivity contribution in [2.75, 3.05) is 39.4 Å². The van der Waals surface area contributed by atoms with Gasteiger partial charge in [-0.25, -0.2) is 0 Å². The maximum absolute atomic E-state index is 5.71. The first-order valence-corrected chi connectivity index (χ1v) is 8.07. The van der Waals surface area contributed by atoms with E-state index in [0.717, 1.165) is 44.1 Å². The molecule has 0 aromatic heterocycles. The van der Waals surface area contributed by atoms with Crippen molar-refractivity contribution in [2.24, 2.45) is 0 Å². The minimum Gasteiger partial charge on any atom is -0.490 e. The van der Waals surface area contributed by atoms with Gasteiger partial charge in [-0.3, -0.25) is 4.90 Å². The largest absolute Gasteiger partial charge is 0.490 e. The summed E-state index contributed by atoms with van der Waals surface area (Å²) >= 11 is 0. The number of nitrogens with zero attached hydrogens (tertiary/aromatic N) is 1. The Morgan fingerprint density at radius 1 is 1.10 bits per heavy atom. The van der Waals surface area contributed by atoms with Crippen molar-refractivity contribution in [1.29, 1.82) is 0 Å². The molecule has 2 rings (SSSR count). The molecule has 1 fully saturated rings. The molecule has 1 atom stereocenters. The van der Waals surface area contributed by atoms with E-state index in [1.165, 1.54) is 5.56 Å². The molecule has 1 N–H and O–H groups in total. The first-order valence-electron chi connectivity index (χ1n) is 8.07. The molecule has 0 spiro atoms. The Balaban J connectivity index is 2.03. The summed E-state index contributed by atoms with van der Waals surface area (Å²) in [7, 11) is 0. The zero-order valence-electron chi connectivity index (χ0n) is 13.5. The molecular weight excluding hydrogens is 264 g/mol. The van der Waals surface area contributed by atoms with Crippen molar-refractivity contribution in [2.45, 2.75) is 33.2 Å². The van der Waals surface area contributed by atoms with Crippen molar-refractivity contribution in [1.82, 2.24) is 10.2 Å². The van der Waals surface area contributed by atoms with E-state index in [1.807, 2.05) is 19.9 Å². The Bertz CT molecular complexity index is 431. The summed E-state index contributed by atoms with van der Waals surface area (Å²) in [5.41, 5.74) is 1.31. The molecule has 1 aliphatic heterocycles. The van der Waals surface area contributed by atoms with E-state index in [4.69, 9.17) is 9.47 Å². The number of benzene rings is 1. The fourth-order valence-corrected chi connectivity index (χ4v) is 2.82. The molecule has 1 aromatic rings. The molecule has 4 heteroatoms. The third-order valence-electron chi connectivity index (χ3n) is 3.91. The van der Waals surface area contributed by atoms with Gasteiger partial charge in [0.15, 0.2) is 11.5 Å².